The van der Waals surface area contributed by atoms with Crippen molar-refractivity contribution in [3.63, 3.8) is 0 Å². The van der Waals surface area contributed by atoms with Crippen molar-refractivity contribution in [1.29, 1.82) is 0 Å². The van der Waals surface area contributed by atoms with Crippen LogP contribution in [0.15, 0.2) is 46.6 Å². The maximum atomic E-state index is 10.3. The summed E-state index contributed by atoms with van der Waals surface area (Å²) in [5.41, 5.74) is 1.64. The number of halogens is 5. The molecule has 1 nitrogen and oxygen atoms in total. The maximum Gasteiger partial charge on any atom is 0.139 e. The van der Waals surface area contributed by atoms with Crippen LogP contribution in [0, 0.1) is 0 Å². The number of aromatic hydroxyl groups is 1. The van der Waals surface area contributed by atoms with Crippen molar-refractivity contribution in [3.05, 3.63) is 46.6 Å². The molecule has 6 heteroatoms. The summed E-state index contributed by atoms with van der Waals surface area (Å²) in [6, 6.07) is 7.74. The van der Waals surface area contributed by atoms with E-state index in [0.29, 0.717) is 4.47 Å². The number of phenolic OH excluding ortho intramolecular Hbond substituents is 1. The molecule has 0 aliphatic rings. The zero-order chi connectivity index (χ0) is 13.4. The quantitative estimate of drug-likeness (QED) is 0.296. The standard InChI is InChI=1S/C12H5Br5O/c13-6-4-2-1-3-5(6)7-8(14)9(15)10(16)11(17)12(7)18/h1-4,18H. The lowest BCUT2D eigenvalue weighted by Crippen LogP contribution is -1.88. The van der Waals surface area contributed by atoms with Gasteiger partial charge in [-0.15, -0.1) is 0 Å². The fourth-order valence-electron chi connectivity index (χ4n) is 1.53. The minimum atomic E-state index is 0.184. The van der Waals surface area contributed by atoms with Crippen LogP contribution in [0.3, 0.4) is 0 Å². The summed E-state index contributed by atoms with van der Waals surface area (Å²) in [5.74, 6) is 0.184. The Morgan fingerprint density at radius 3 is 1.89 bits per heavy atom. The third kappa shape index (κ3) is 2.59. The van der Waals surface area contributed by atoms with E-state index in [0.717, 1.165) is 29.0 Å². The second-order valence-corrected chi connectivity index (χ2v) is 7.49. The molecule has 2 aromatic rings. The number of hydrogen-bond acceptors (Lipinski definition) is 1. The van der Waals surface area contributed by atoms with Gasteiger partial charge in [-0.25, -0.2) is 0 Å². The predicted octanol–water partition coefficient (Wildman–Crippen LogP) is 6.87. The lowest BCUT2D eigenvalue weighted by molar-refractivity contribution is 0.473. The van der Waals surface area contributed by atoms with Crippen LogP contribution < -0.4 is 0 Å². The highest BCUT2D eigenvalue weighted by Crippen LogP contribution is 2.50. The molecular formula is C12H5Br5O. The summed E-state index contributed by atoms with van der Waals surface area (Å²) in [6.07, 6.45) is 0. The first kappa shape index (κ1) is 15.0. The fourth-order valence-corrected chi connectivity index (χ4v) is 4.32. The molecule has 0 heterocycles. The largest absolute Gasteiger partial charge is 0.506 e. The van der Waals surface area contributed by atoms with Crippen LogP contribution in [0.1, 0.15) is 0 Å². The summed E-state index contributed by atoms with van der Waals surface area (Å²) in [5, 5.41) is 10.3. The average molecular weight is 565 g/mol. The van der Waals surface area contributed by atoms with Gasteiger partial charge < -0.3 is 5.11 Å². The van der Waals surface area contributed by atoms with Crippen molar-refractivity contribution in [1.82, 2.24) is 0 Å². The second kappa shape index (κ2) is 5.95. The summed E-state index contributed by atoms with van der Waals surface area (Å²) >= 11 is 17.3. The zero-order valence-corrected chi connectivity index (χ0v) is 16.6. The molecule has 1 N–H and O–H groups in total. The van der Waals surface area contributed by atoms with Crippen LogP contribution in [-0.4, -0.2) is 5.11 Å². The molecule has 2 rings (SSSR count). The predicted molar refractivity (Wildman–Crippen MR) is 92.0 cm³/mol. The molecule has 0 spiro atoms. The lowest BCUT2D eigenvalue weighted by Gasteiger charge is -2.14. The van der Waals surface area contributed by atoms with Gasteiger partial charge in [-0.2, -0.15) is 0 Å². The van der Waals surface area contributed by atoms with Crippen molar-refractivity contribution in [2.75, 3.05) is 0 Å². The summed E-state index contributed by atoms with van der Waals surface area (Å²) in [7, 11) is 0. The smallest absolute Gasteiger partial charge is 0.139 e. The first-order chi connectivity index (χ1) is 8.45. The molecular weight excluding hydrogens is 560 g/mol. The average Bonchev–Trinajstić information content (AvgIpc) is 2.36. The van der Waals surface area contributed by atoms with Crippen molar-refractivity contribution < 1.29 is 5.11 Å². The monoisotopic (exact) mass is 560 g/mol. The molecule has 0 aromatic heterocycles. The number of phenols is 1. The Hall–Kier alpha value is 0.640. The SMILES string of the molecule is Oc1c(Br)c(Br)c(Br)c(Br)c1-c1ccccc1Br. The fraction of sp³-hybridized carbons (Fsp3) is 0. The van der Waals surface area contributed by atoms with Crippen LogP contribution in [0.5, 0.6) is 5.75 Å². The van der Waals surface area contributed by atoms with Crippen molar-refractivity contribution in [2.24, 2.45) is 0 Å². The van der Waals surface area contributed by atoms with Gasteiger partial charge in [-0.3, -0.25) is 0 Å². The van der Waals surface area contributed by atoms with Crippen LogP contribution in [-0.2, 0) is 0 Å². The van der Waals surface area contributed by atoms with E-state index in [1.165, 1.54) is 0 Å². The van der Waals surface area contributed by atoms with Gasteiger partial charge in [-0.1, -0.05) is 34.1 Å². The van der Waals surface area contributed by atoms with Crippen molar-refractivity contribution in [3.8, 4) is 16.9 Å². The first-order valence-electron chi connectivity index (χ1n) is 4.75. The highest BCUT2D eigenvalue weighted by molar-refractivity contribution is 9.15. The molecule has 0 atom stereocenters. The summed E-state index contributed by atoms with van der Waals surface area (Å²) in [6.45, 7) is 0. The molecule has 0 aliphatic carbocycles. The van der Waals surface area contributed by atoms with E-state index in [1.54, 1.807) is 0 Å². The Morgan fingerprint density at radius 2 is 1.28 bits per heavy atom. The molecule has 0 fully saturated rings. The number of hydrogen-bond donors (Lipinski definition) is 1. The van der Waals surface area contributed by atoms with Gasteiger partial charge >= 0.3 is 0 Å². The van der Waals surface area contributed by atoms with Gasteiger partial charge in [-0.05, 0) is 69.8 Å². The molecule has 18 heavy (non-hydrogen) atoms. The molecule has 0 saturated carbocycles. The van der Waals surface area contributed by atoms with Crippen LogP contribution in [0.4, 0.5) is 0 Å². The lowest BCUT2D eigenvalue weighted by atomic mass is 10.0. The Labute approximate surface area is 147 Å². The molecule has 0 unspecified atom stereocenters. The second-order valence-electron chi connectivity index (χ2n) is 3.46. The molecule has 94 valence electrons. The van der Waals surface area contributed by atoms with Gasteiger partial charge in [0.1, 0.15) is 5.75 Å². The summed E-state index contributed by atoms with van der Waals surface area (Å²) in [4.78, 5) is 0. The van der Waals surface area contributed by atoms with Crippen molar-refractivity contribution >= 4 is 79.6 Å². The topological polar surface area (TPSA) is 20.2 Å². The molecule has 0 bridgehead atoms. The van der Waals surface area contributed by atoms with E-state index < -0.39 is 0 Å². The van der Waals surface area contributed by atoms with E-state index in [-0.39, 0.29) is 5.75 Å². The van der Waals surface area contributed by atoms with Gasteiger partial charge in [0.15, 0.2) is 0 Å². The number of rotatable bonds is 1. The molecule has 0 saturated heterocycles. The Morgan fingerprint density at radius 1 is 0.722 bits per heavy atom. The first-order valence-corrected chi connectivity index (χ1v) is 8.71. The molecule has 0 amide bonds. The third-order valence-corrected chi connectivity index (χ3v) is 7.82. The van der Waals surface area contributed by atoms with Crippen molar-refractivity contribution in [2.45, 2.75) is 0 Å². The van der Waals surface area contributed by atoms with Gasteiger partial charge in [0.25, 0.3) is 0 Å². The van der Waals surface area contributed by atoms with Gasteiger partial charge in [0.05, 0.1) is 8.95 Å². The Kier molecular flexibility index (Phi) is 4.97. The van der Waals surface area contributed by atoms with Crippen LogP contribution >= 0.6 is 79.6 Å². The van der Waals surface area contributed by atoms with Crippen LogP contribution in [0.2, 0.25) is 0 Å². The molecule has 0 radical (unpaired) electrons. The van der Waals surface area contributed by atoms with Gasteiger partial charge in [0.2, 0.25) is 0 Å². The minimum Gasteiger partial charge on any atom is -0.506 e. The van der Waals surface area contributed by atoms with E-state index in [4.69, 9.17) is 0 Å². The van der Waals surface area contributed by atoms with E-state index in [2.05, 4.69) is 79.6 Å². The zero-order valence-electron chi connectivity index (χ0n) is 8.65. The third-order valence-electron chi connectivity index (χ3n) is 2.39. The normalized spacial score (nSPS) is 10.7. The molecule has 0 aliphatic heterocycles. The Bertz CT molecular complexity index is 595. The van der Waals surface area contributed by atoms with Crippen LogP contribution in [0.25, 0.3) is 11.1 Å². The van der Waals surface area contributed by atoms with Gasteiger partial charge in [0, 0.05) is 24.5 Å². The molecule has 2 aromatic carbocycles. The minimum absolute atomic E-state index is 0.184. The maximum absolute atomic E-state index is 10.3. The van der Waals surface area contributed by atoms with E-state index >= 15 is 0 Å². The highest BCUT2D eigenvalue weighted by atomic mass is 79.9. The van der Waals surface area contributed by atoms with E-state index in [1.807, 2.05) is 24.3 Å². The number of benzene rings is 2. The summed E-state index contributed by atoms with van der Waals surface area (Å²) < 4.78 is 3.94. The highest BCUT2D eigenvalue weighted by Gasteiger charge is 2.20. The Balaban J connectivity index is 2.85. The van der Waals surface area contributed by atoms with E-state index in [9.17, 15) is 5.11 Å².